The molecule has 1 aromatic carbocycles. The average Bonchev–Trinajstić information content (AvgIpc) is 2.80. The first-order valence-electron chi connectivity index (χ1n) is 7.04. The fraction of sp³-hybridized carbons (Fsp3) is 0.533. The lowest BCUT2D eigenvalue weighted by molar-refractivity contribution is 0.288. The van der Waals surface area contributed by atoms with E-state index in [1.54, 1.807) is 7.05 Å². The van der Waals surface area contributed by atoms with E-state index >= 15 is 0 Å². The van der Waals surface area contributed by atoms with Crippen LogP contribution in [0.25, 0.3) is 0 Å². The summed E-state index contributed by atoms with van der Waals surface area (Å²) in [6, 6.07) is 6.16. The van der Waals surface area contributed by atoms with E-state index in [1.165, 1.54) is 4.80 Å². The van der Waals surface area contributed by atoms with Crippen molar-refractivity contribution in [2.24, 2.45) is 7.05 Å². The third kappa shape index (κ3) is 4.53. The summed E-state index contributed by atoms with van der Waals surface area (Å²) in [5.41, 5.74) is 2.30. The highest BCUT2D eigenvalue weighted by atomic mass is 16.5. The predicted octanol–water partition coefficient (Wildman–Crippen LogP) is 1.99. The Labute approximate surface area is 125 Å². The van der Waals surface area contributed by atoms with E-state index in [-0.39, 0.29) is 5.54 Å². The summed E-state index contributed by atoms with van der Waals surface area (Å²) in [4.78, 5) is 1.43. The summed E-state index contributed by atoms with van der Waals surface area (Å²) in [5, 5.41) is 15.3. The second kappa shape index (κ2) is 6.22. The molecule has 2 rings (SSSR count). The largest absolute Gasteiger partial charge is 0.485 e. The molecule has 6 nitrogen and oxygen atoms in total. The van der Waals surface area contributed by atoms with Gasteiger partial charge in [-0.25, -0.2) is 0 Å². The van der Waals surface area contributed by atoms with Crippen LogP contribution in [0, 0.1) is 6.92 Å². The molecule has 1 heterocycles. The molecule has 0 amide bonds. The van der Waals surface area contributed by atoms with Gasteiger partial charge in [0, 0.05) is 17.6 Å². The van der Waals surface area contributed by atoms with Crippen LogP contribution in [0.15, 0.2) is 18.2 Å². The topological polar surface area (TPSA) is 64.9 Å². The Hall–Kier alpha value is -1.95. The Morgan fingerprint density at radius 2 is 2.05 bits per heavy atom. The van der Waals surface area contributed by atoms with Crippen molar-refractivity contribution in [1.29, 1.82) is 0 Å². The Morgan fingerprint density at radius 1 is 1.29 bits per heavy atom. The third-order valence-corrected chi connectivity index (χ3v) is 3.00. The van der Waals surface area contributed by atoms with E-state index in [1.807, 2.05) is 19.1 Å². The third-order valence-electron chi connectivity index (χ3n) is 3.00. The van der Waals surface area contributed by atoms with Crippen molar-refractivity contribution in [3.8, 4) is 5.75 Å². The quantitative estimate of drug-likeness (QED) is 0.912. The summed E-state index contributed by atoms with van der Waals surface area (Å²) in [7, 11) is 1.74. The Morgan fingerprint density at radius 3 is 2.67 bits per heavy atom. The number of hydrogen-bond acceptors (Lipinski definition) is 5. The number of para-hydroxylation sites is 1. The molecule has 0 radical (unpaired) electrons. The lowest BCUT2D eigenvalue weighted by atomic mass is 10.1. The summed E-state index contributed by atoms with van der Waals surface area (Å²) in [6.07, 6.45) is 0. The first-order valence-corrected chi connectivity index (χ1v) is 7.04. The molecule has 21 heavy (non-hydrogen) atoms. The van der Waals surface area contributed by atoms with Crippen LogP contribution in [-0.4, -0.2) is 25.7 Å². The molecule has 0 aliphatic heterocycles. The number of aryl methyl sites for hydroxylation is 2. The van der Waals surface area contributed by atoms with Crippen LogP contribution in [0.3, 0.4) is 0 Å². The van der Waals surface area contributed by atoms with E-state index in [2.05, 4.69) is 47.6 Å². The molecular weight excluding hydrogens is 266 g/mol. The lowest BCUT2D eigenvalue weighted by Gasteiger charge is -2.22. The number of benzene rings is 1. The summed E-state index contributed by atoms with van der Waals surface area (Å²) < 4.78 is 5.91. The minimum absolute atomic E-state index is 0.0630. The number of aromatic nitrogens is 4. The summed E-state index contributed by atoms with van der Waals surface area (Å²) in [6.45, 7) is 9.56. The number of hydrogen-bond donors (Lipinski definition) is 1. The van der Waals surface area contributed by atoms with Gasteiger partial charge in [0.1, 0.15) is 5.75 Å². The highest BCUT2D eigenvalue weighted by Gasteiger charge is 2.13. The normalized spacial score (nSPS) is 11.7. The van der Waals surface area contributed by atoms with Gasteiger partial charge in [-0.15, -0.1) is 10.2 Å². The average molecular weight is 289 g/mol. The van der Waals surface area contributed by atoms with E-state index < -0.39 is 0 Å². The van der Waals surface area contributed by atoms with Crippen molar-refractivity contribution in [3.05, 3.63) is 35.2 Å². The monoisotopic (exact) mass is 289 g/mol. The molecule has 0 fully saturated rings. The number of nitrogens with one attached hydrogen (secondary N) is 1. The van der Waals surface area contributed by atoms with Crippen molar-refractivity contribution < 1.29 is 4.74 Å². The minimum Gasteiger partial charge on any atom is -0.485 e. The zero-order valence-electron chi connectivity index (χ0n) is 13.3. The van der Waals surface area contributed by atoms with Crippen molar-refractivity contribution in [2.45, 2.75) is 46.4 Å². The number of tetrazole rings is 1. The standard InChI is InChI=1S/C15H23N5O/c1-11-7-6-8-12(9-16-15(2,3)4)14(11)21-10-13-17-19-20(5)18-13/h6-8,16H,9-10H2,1-5H3. The molecule has 0 aliphatic carbocycles. The maximum atomic E-state index is 5.91. The highest BCUT2D eigenvalue weighted by Crippen LogP contribution is 2.24. The Kier molecular flexibility index (Phi) is 4.57. The molecule has 0 bridgehead atoms. The maximum Gasteiger partial charge on any atom is 0.212 e. The number of rotatable bonds is 5. The number of nitrogens with zero attached hydrogens (tertiary/aromatic N) is 4. The van der Waals surface area contributed by atoms with Gasteiger partial charge in [0.2, 0.25) is 5.82 Å². The van der Waals surface area contributed by atoms with Crippen LogP contribution in [0.5, 0.6) is 5.75 Å². The number of ether oxygens (including phenoxy) is 1. The van der Waals surface area contributed by atoms with E-state index in [0.717, 1.165) is 23.4 Å². The summed E-state index contributed by atoms with van der Waals surface area (Å²) in [5.74, 6) is 1.47. The molecule has 0 atom stereocenters. The molecule has 0 unspecified atom stereocenters. The van der Waals surface area contributed by atoms with Crippen LogP contribution in [-0.2, 0) is 20.2 Å². The van der Waals surface area contributed by atoms with Crippen LogP contribution in [0.2, 0.25) is 0 Å². The molecule has 0 saturated carbocycles. The summed E-state index contributed by atoms with van der Waals surface area (Å²) >= 11 is 0. The molecule has 0 spiro atoms. The minimum atomic E-state index is 0.0630. The lowest BCUT2D eigenvalue weighted by Crippen LogP contribution is -2.35. The second-order valence-corrected chi connectivity index (χ2v) is 6.15. The molecule has 114 valence electrons. The molecular formula is C15H23N5O. The Bertz CT molecular complexity index is 600. The van der Waals surface area contributed by atoms with Crippen LogP contribution in [0.4, 0.5) is 0 Å². The molecule has 0 aliphatic rings. The van der Waals surface area contributed by atoms with Crippen molar-refractivity contribution in [2.75, 3.05) is 0 Å². The highest BCUT2D eigenvalue weighted by molar-refractivity contribution is 5.40. The molecule has 6 heteroatoms. The fourth-order valence-electron chi connectivity index (χ4n) is 1.94. The fourth-order valence-corrected chi connectivity index (χ4v) is 1.94. The van der Waals surface area contributed by atoms with Gasteiger partial charge in [-0.05, 0) is 38.5 Å². The SMILES string of the molecule is Cc1cccc(CNC(C)(C)C)c1OCc1nnn(C)n1. The maximum absolute atomic E-state index is 5.91. The predicted molar refractivity (Wildman–Crippen MR) is 80.9 cm³/mol. The van der Waals surface area contributed by atoms with Gasteiger partial charge in [0.05, 0.1) is 7.05 Å². The first kappa shape index (κ1) is 15.4. The molecule has 1 N–H and O–H groups in total. The zero-order valence-corrected chi connectivity index (χ0v) is 13.3. The second-order valence-electron chi connectivity index (χ2n) is 6.15. The molecule has 2 aromatic rings. The zero-order chi connectivity index (χ0) is 15.5. The van der Waals surface area contributed by atoms with Gasteiger partial charge in [0.25, 0.3) is 0 Å². The molecule has 0 saturated heterocycles. The van der Waals surface area contributed by atoms with Crippen molar-refractivity contribution >= 4 is 0 Å². The van der Waals surface area contributed by atoms with E-state index in [9.17, 15) is 0 Å². The smallest absolute Gasteiger partial charge is 0.212 e. The first-order chi connectivity index (χ1) is 9.85. The van der Waals surface area contributed by atoms with Crippen molar-refractivity contribution in [3.63, 3.8) is 0 Å². The van der Waals surface area contributed by atoms with Gasteiger partial charge >= 0.3 is 0 Å². The van der Waals surface area contributed by atoms with Gasteiger partial charge in [0.15, 0.2) is 6.61 Å². The van der Waals surface area contributed by atoms with Crippen LogP contribution in [0.1, 0.15) is 37.7 Å². The van der Waals surface area contributed by atoms with Gasteiger partial charge in [-0.3, -0.25) is 0 Å². The van der Waals surface area contributed by atoms with Crippen molar-refractivity contribution in [1.82, 2.24) is 25.5 Å². The van der Waals surface area contributed by atoms with Gasteiger partial charge < -0.3 is 10.1 Å². The van der Waals surface area contributed by atoms with E-state index in [0.29, 0.717) is 12.4 Å². The van der Waals surface area contributed by atoms with Gasteiger partial charge in [-0.2, -0.15) is 4.80 Å². The molecule has 1 aromatic heterocycles. The van der Waals surface area contributed by atoms with E-state index in [4.69, 9.17) is 4.74 Å². The van der Waals surface area contributed by atoms with Gasteiger partial charge in [-0.1, -0.05) is 18.2 Å². The Balaban J connectivity index is 2.10. The van der Waals surface area contributed by atoms with Crippen LogP contribution >= 0.6 is 0 Å². The van der Waals surface area contributed by atoms with Crippen LogP contribution < -0.4 is 10.1 Å².